The zero-order valence-electron chi connectivity index (χ0n) is 11.2. The zero-order chi connectivity index (χ0) is 13.2. The second-order valence-corrected chi connectivity index (χ2v) is 5.03. The Hall–Kier alpha value is -1.55. The zero-order valence-corrected chi connectivity index (χ0v) is 11.2. The highest BCUT2D eigenvalue weighted by atomic mass is 19.1. The van der Waals surface area contributed by atoms with Gasteiger partial charge in [0.05, 0.1) is 12.1 Å². The van der Waals surface area contributed by atoms with Crippen LogP contribution in [0.2, 0.25) is 0 Å². The Balaban J connectivity index is 2.03. The van der Waals surface area contributed by atoms with E-state index < -0.39 is 0 Å². The third kappa shape index (κ3) is 2.45. The van der Waals surface area contributed by atoms with Crippen LogP contribution in [0.3, 0.4) is 0 Å². The maximum atomic E-state index is 13.5. The fourth-order valence-electron chi connectivity index (χ4n) is 2.75. The predicted octanol–water partition coefficient (Wildman–Crippen LogP) is 2.95. The summed E-state index contributed by atoms with van der Waals surface area (Å²) in [6.07, 6.45) is 3.92. The van der Waals surface area contributed by atoms with Gasteiger partial charge in [-0.05, 0) is 31.0 Å². The number of H-pyrrole nitrogens is 1. The van der Waals surface area contributed by atoms with Crippen molar-refractivity contribution in [1.82, 2.24) is 9.88 Å². The first-order valence-electron chi connectivity index (χ1n) is 6.92. The largest absolute Gasteiger partial charge is 0.493 e. The van der Waals surface area contributed by atoms with E-state index in [0.29, 0.717) is 12.4 Å². The van der Waals surface area contributed by atoms with Crippen molar-refractivity contribution in [3.8, 4) is 5.75 Å². The van der Waals surface area contributed by atoms with Gasteiger partial charge in [0.15, 0.2) is 0 Å². The van der Waals surface area contributed by atoms with Crippen molar-refractivity contribution in [2.45, 2.75) is 19.8 Å². The van der Waals surface area contributed by atoms with E-state index in [4.69, 9.17) is 4.74 Å². The molecule has 0 bridgehead atoms. The molecule has 0 atom stereocenters. The second kappa shape index (κ2) is 5.21. The number of rotatable bonds is 1. The normalized spacial score (nSPS) is 17.4. The number of hydrogen-bond acceptors (Lipinski definition) is 2. The van der Waals surface area contributed by atoms with E-state index in [1.54, 1.807) is 0 Å². The summed E-state index contributed by atoms with van der Waals surface area (Å²) >= 11 is 0. The highest BCUT2D eigenvalue weighted by molar-refractivity contribution is 5.89. The molecule has 1 aliphatic rings. The van der Waals surface area contributed by atoms with Crippen molar-refractivity contribution in [2.75, 3.05) is 26.2 Å². The molecule has 0 radical (unpaired) electrons. The third-order valence-corrected chi connectivity index (χ3v) is 3.81. The van der Waals surface area contributed by atoms with Crippen LogP contribution in [-0.4, -0.2) is 36.1 Å². The number of likely N-dealkylation sites (N-methyl/N-ethyl adjacent to an activating group) is 1. The van der Waals surface area contributed by atoms with E-state index in [1.165, 1.54) is 17.7 Å². The Labute approximate surface area is 112 Å². The minimum atomic E-state index is -0.247. The Morgan fingerprint density at radius 2 is 2.26 bits per heavy atom. The summed E-state index contributed by atoms with van der Waals surface area (Å²) in [5, 5.41) is 1.04. The quantitative estimate of drug-likeness (QED) is 0.856. The van der Waals surface area contributed by atoms with E-state index in [2.05, 4.69) is 16.8 Å². The first-order chi connectivity index (χ1) is 9.28. The van der Waals surface area contributed by atoms with E-state index >= 15 is 0 Å². The van der Waals surface area contributed by atoms with Crippen LogP contribution in [-0.2, 0) is 6.42 Å². The average molecular weight is 262 g/mol. The third-order valence-electron chi connectivity index (χ3n) is 3.81. The molecular formula is C15H19FN2O. The average Bonchev–Trinajstić information content (AvgIpc) is 2.81. The fraction of sp³-hybridized carbons (Fsp3) is 0.467. The van der Waals surface area contributed by atoms with Gasteiger partial charge in [-0.2, -0.15) is 0 Å². The van der Waals surface area contributed by atoms with Gasteiger partial charge in [-0.3, -0.25) is 0 Å². The van der Waals surface area contributed by atoms with Gasteiger partial charge in [-0.15, -0.1) is 0 Å². The molecule has 3 nitrogen and oxygen atoms in total. The molecule has 102 valence electrons. The molecule has 2 aromatic rings. The SMILES string of the molecule is CCN1CCCOc2cc(F)cc3[nH]cc(c23)CC1. The highest BCUT2D eigenvalue weighted by Gasteiger charge is 2.14. The molecule has 1 aromatic heterocycles. The molecule has 2 heterocycles. The number of benzene rings is 1. The van der Waals surface area contributed by atoms with Crippen LogP contribution in [0.1, 0.15) is 18.9 Å². The molecule has 1 aliphatic heterocycles. The van der Waals surface area contributed by atoms with Crippen LogP contribution in [0, 0.1) is 5.82 Å². The van der Waals surface area contributed by atoms with Crippen LogP contribution in [0.4, 0.5) is 4.39 Å². The molecule has 1 aromatic carbocycles. The van der Waals surface area contributed by atoms with Gasteiger partial charge in [0, 0.05) is 30.7 Å². The summed E-state index contributed by atoms with van der Waals surface area (Å²) in [7, 11) is 0. The minimum absolute atomic E-state index is 0.247. The van der Waals surface area contributed by atoms with Crippen molar-refractivity contribution in [3.05, 3.63) is 29.7 Å². The Morgan fingerprint density at radius 3 is 3.11 bits per heavy atom. The fourth-order valence-corrected chi connectivity index (χ4v) is 2.75. The number of nitrogens with zero attached hydrogens (tertiary/aromatic N) is 1. The van der Waals surface area contributed by atoms with Gasteiger partial charge < -0.3 is 14.6 Å². The predicted molar refractivity (Wildman–Crippen MR) is 74.2 cm³/mol. The number of ether oxygens (including phenoxy) is 1. The summed E-state index contributed by atoms with van der Waals surface area (Å²) in [5.41, 5.74) is 2.04. The van der Waals surface area contributed by atoms with Gasteiger partial charge in [0.1, 0.15) is 11.6 Å². The lowest BCUT2D eigenvalue weighted by Crippen LogP contribution is -2.28. The topological polar surface area (TPSA) is 28.3 Å². The first kappa shape index (κ1) is 12.5. The minimum Gasteiger partial charge on any atom is -0.493 e. The molecule has 4 heteroatoms. The van der Waals surface area contributed by atoms with Crippen molar-refractivity contribution in [2.24, 2.45) is 0 Å². The highest BCUT2D eigenvalue weighted by Crippen LogP contribution is 2.31. The maximum absolute atomic E-state index is 13.5. The Morgan fingerprint density at radius 1 is 1.37 bits per heavy atom. The molecule has 19 heavy (non-hydrogen) atoms. The van der Waals surface area contributed by atoms with Crippen LogP contribution in [0.15, 0.2) is 18.3 Å². The van der Waals surface area contributed by atoms with Gasteiger partial charge in [-0.25, -0.2) is 4.39 Å². The molecule has 0 saturated carbocycles. The maximum Gasteiger partial charge on any atom is 0.131 e. The first-order valence-corrected chi connectivity index (χ1v) is 6.92. The second-order valence-electron chi connectivity index (χ2n) is 5.03. The van der Waals surface area contributed by atoms with Crippen molar-refractivity contribution in [3.63, 3.8) is 0 Å². The monoisotopic (exact) mass is 262 g/mol. The molecule has 0 unspecified atom stereocenters. The number of aromatic nitrogens is 1. The summed E-state index contributed by atoms with van der Waals surface area (Å²) in [4.78, 5) is 5.58. The summed E-state index contributed by atoms with van der Waals surface area (Å²) in [6.45, 7) is 5.96. The lowest BCUT2D eigenvalue weighted by molar-refractivity contribution is 0.242. The van der Waals surface area contributed by atoms with Crippen molar-refractivity contribution in [1.29, 1.82) is 0 Å². The molecular weight excluding hydrogens is 243 g/mol. The number of aromatic amines is 1. The summed E-state index contributed by atoms with van der Waals surface area (Å²) in [6, 6.07) is 3.04. The number of hydrogen-bond donors (Lipinski definition) is 1. The van der Waals surface area contributed by atoms with E-state index in [9.17, 15) is 4.39 Å². The summed E-state index contributed by atoms with van der Waals surface area (Å²) in [5.74, 6) is 0.430. The number of halogens is 1. The molecule has 0 aliphatic carbocycles. The Bertz CT molecular complexity index is 579. The lowest BCUT2D eigenvalue weighted by atomic mass is 10.1. The van der Waals surface area contributed by atoms with Gasteiger partial charge in [-0.1, -0.05) is 6.92 Å². The van der Waals surface area contributed by atoms with Gasteiger partial charge in [0.25, 0.3) is 0 Å². The smallest absolute Gasteiger partial charge is 0.131 e. The number of nitrogens with one attached hydrogen (secondary N) is 1. The van der Waals surface area contributed by atoms with E-state index in [1.807, 2.05) is 6.20 Å². The molecule has 0 fully saturated rings. The summed E-state index contributed by atoms with van der Waals surface area (Å²) < 4.78 is 19.3. The van der Waals surface area contributed by atoms with E-state index in [-0.39, 0.29) is 5.82 Å². The van der Waals surface area contributed by atoms with Crippen LogP contribution in [0.25, 0.3) is 10.9 Å². The standard InChI is InChI=1S/C15H19FN2O/c1-2-18-5-3-7-19-14-9-12(16)8-13-15(14)11(4-6-18)10-17-13/h8-10,17H,2-7H2,1H3. The van der Waals surface area contributed by atoms with Crippen LogP contribution < -0.4 is 4.74 Å². The molecule has 0 amide bonds. The van der Waals surface area contributed by atoms with Crippen LogP contribution in [0.5, 0.6) is 5.75 Å². The lowest BCUT2D eigenvalue weighted by Gasteiger charge is -2.22. The Kier molecular flexibility index (Phi) is 3.42. The molecule has 1 N–H and O–H groups in total. The van der Waals surface area contributed by atoms with Crippen molar-refractivity contribution >= 4 is 10.9 Å². The molecule has 0 spiro atoms. The van der Waals surface area contributed by atoms with Gasteiger partial charge >= 0.3 is 0 Å². The van der Waals surface area contributed by atoms with Gasteiger partial charge in [0.2, 0.25) is 0 Å². The van der Waals surface area contributed by atoms with Crippen molar-refractivity contribution < 1.29 is 9.13 Å². The molecule has 3 rings (SSSR count). The molecule has 0 saturated heterocycles. The van der Waals surface area contributed by atoms with Crippen LogP contribution >= 0.6 is 0 Å². The van der Waals surface area contributed by atoms with E-state index in [0.717, 1.165) is 43.4 Å².